The summed E-state index contributed by atoms with van der Waals surface area (Å²) in [4.78, 5) is 28.7. The number of rotatable bonds is 8. The second kappa shape index (κ2) is 9.33. The van der Waals surface area contributed by atoms with Crippen LogP contribution in [0, 0.1) is 6.92 Å². The Morgan fingerprint density at radius 2 is 2.14 bits per heavy atom. The highest BCUT2D eigenvalue weighted by molar-refractivity contribution is 7.08. The quantitative estimate of drug-likeness (QED) is 0.560. The van der Waals surface area contributed by atoms with Crippen LogP contribution in [0.5, 0.6) is 5.75 Å². The van der Waals surface area contributed by atoms with Gasteiger partial charge in [-0.05, 0) is 43.0 Å². The van der Waals surface area contributed by atoms with E-state index < -0.39 is 18.0 Å². The molecule has 1 unspecified atom stereocenters. The minimum atomic E-state index is -0.961. The maximum atomic E-state index is 12.4. The van der Waals surface area contributed by atoms with Gasteiger partial charge in [0.1, 0.15) is 5.75 Å². The summed E-state index contributed by atoms with van der Waals surface area (Å²) in [5.41, 5.74) is 2.35. The van der Waals surface area contributed by atoms with E-state index in [0.717, 1.165) is 11.1 Å². The van der Waals surface area contributed by atoms with Gasteiger partial charge in [0.2, 0.25) is 11.7 Å². The lowest BCUT2D eigenvalue weighted by atomic mass is 10.2. The van der Waals surface area contributed by atoms with Crippen molar-refractivity contribution in [3.8, 4) is 17.1 Å². The Balaban J connectivity index is 1.50. The molecular weight excluding hydrogens is 394 g/mol. The van der Waals surface area contributed by atoms with Crippen LogP contribution in [0.2, 0.25) is 0 Å². The van der Waals surface area contributed by atoms with Gasteiger partial charge < -0.3 is 19.3 Å². The first-order valence-corrected chi connectivity index (χ1v) is 9.90. The number of hydrogen-bond donors (Lipinski definition) is 1. The molecule has 0 spiro atoms. The number of anilines is 1. The molecule has 29 heavy (non-hydrogen) atoms. The average molecular weight is 415 g/mol. The highest BCUT2D eigenvalue weighted by Crippen LogP contribution is 2.25. The molecule has 0 saturated heterocycles. The number of ether oxygens (including phenoxy) is 2. The SMILES string of the molecule is COc1ccc(C)cc1NC(=O)C(C)OC(=O)CCc1nc(-c2ccsc2)no1. The summed E-state index contributed by atoms with van der Waals surface area (Å²) in [6.07, 6.45) is -0.705. The minimum Gasteiger partial charge on any atom is -0.495 e. The largest absolute Gasteiger partial charge is 0.495 e. The molecule has 2 heterocycles. The number of hydrogen-bond acceptors (Lipinski definition) is 8. The molecule has 0 aliphatic carbocycles. The molecule has 0 radical (unpaired) electrons. The standard InChI is InChI=1S/C20H21N3O5S/c1-12-4-5-16(26-3)15(10-12)21-20(25)13(2)27-18(24)7-6-17-22-19(23-28-17)14-8-9-29-11-14/h4-5,8-11,13H,6-7H2,1-3H3,(H,21,25). The van der Waals surface area contributed by atoms with E-state index in [4.69, 9.17) is 14.0 Å². The van der Waals surface area contributed by atoms with Gasteiger partial charge in [-0.1, -0.05) is 11.2 Å². The Morgan fingerprint density at radius 3 is 2.86 bits per heavy atom. The number of carbonyl (C=O) groups excluding carboxylic acids is 2. The highest BCUT2D eigenvalue weighted by atomic mass is 32.1. The molecule has 0 bridgehead atoms. The van der Waals surface area contributed by atoms with Crippen molar-refractivity contribution >= 4 is 28.9 Å². The molecule has 0 aliphatic heterocycles. The number of esters is 1. The summed E-state index contributed by atoms with van der Waals surface area (Å²) in [6, 6.07) is 7.30. The maximum Gasteiger partial charge on any atom is 0.307 e. The first-order valence-electron chi connectivity index (χ1n) is 8.96. The van der Waals surface area contributed by atoms with Crippen molar-refractivity contribution in [1.29, 1.82) is 0 Å². The Kier molecular flexibility index (Phi) is 6.61. The van der Waals surface area contributed by atoms with Gasteiger partial charge in [0.05, 0.1) is 19.2 Å². The van der Waals surface area contributed by atoms with Gasteiger partial charge >= 0.3 is 5.97 Å². The van der Waals surface area contributed by atoms with Crippen molar-refractivity contribution in [1.82, 2.24) is 10.1 Å². The fraction of sp³-hybridized carbons (Fsp3) is 0.300. The topological polar surface area (TPSA) is 104 Å². The number of nitrogens with one attached hydrogen (secondary N) is 1. The van der Waals surface area contributed by atoms with Gasteiger partial charge in [-0.2, -0.15) is 16.3 Å². The van der Waals surface area contributed by atoms with E-state index in [-0.39, 0.29) is 12.8 Å². The Hall–Kier alpha value is -3.20. The number of benzene rings is 1. The number of amides is 1. The molecule has 3 aromatic rings. The van der Waals surface area contributed by atoms with E-state index in [0.29, 0.717) is 23.2 Å². The van der Waals surface area contributed by atoms with Crippen LogP contribution in [0.1, 0.15) is 24.8 Å². The van der Waals surface area contributed by atoms with Gasteiger partial charge in [0.25, 0.3) is 5.91 Å². The van der Waals surface area contributed by atoms with Crippen molar-refractivity contribution in [2.24, 2.45) is 0 Å². The number of nitrogens with zero attached hydrogens (tertiary/aromatic N) is 2. The van der Waals surface area contributed by atoms with Crippen molar-refractivity contribution in [3.63, 3.8) is 0 Å². The molecule has 1 aromatic carbocycles. The van der Waals surface area contributed by atoms with E-state index in [2.05, 4.69) is 15.5 Å². The molecular formula is C20H21N3O5S. The summed E-state index contributed by atoms with van der Waals surface area (Å²) >= 11 is 1.53. The van der Waals surface area contributed by atoms with Crippen molar-refractivity contribution in [3.05, 3.63) is 46.5 Å². The molecule has 1 amide bonds. The van der Waals surface area contributed by atoms with Crippen LogP contribution >= 0.6 is 11.3 Å². The van der Waals surface area contributed by atoms with Crippen LogP contribution < -0.4 is 10.1 Å². The molecule has 0 fully saturated rings. The third-order valence-electron chi connectivity index (χ3n) is 4.08. The van der Waals surface area contributed by atoms with Gasteiger partial charge in [-0.3, -0.25) is 9.59 Å². The van der Waals surface area contributed by atoms with Crippen LogP contribution in [-0.2, 0) is 20.7 Å². The van der Waals surface area contributed by atoms with Gasteiger partial charge in [-0.15, -0.1) is 0 Å². The van der Waals surface area contributed by atoms with E-state index >= 15 is 0 Å². The lowest BCUT2D eigenvalue weighted by Crippen LogP contribution is -2.30. The lowest BCUT2D eigenvalue weighted by Gasteiger charge is -2.15. The van der Waals surface area contributed by atoms with Crippen LogP contribution in [0.3, 0.4) is 0 Å². The molecule has 152 valence electrons. The second-order valence-corrected chi connectivity index (χ2v) is 7.13. The third-order valence-corrected chi connectivity index (χ3v) is 4.76. The fourth-order valence-corrected chi connectivity index (χ4v) is 3.17. The summed E-state index contributed by atoms with van der Waals surface area (Å²) in [6.45, 7) is 3.41. The Bertz CT molecular complexity index is 984. The highest BCUT2D eigenvalue weighted by Gasteiger charge is 2.20. The summed E-state index contributed by atoms with van der Waals surface area (Å²) in [7, 11) is 1.52. The zero-order valence-corrected chi connectivity index (χ0v) is 17.1. The van der Waals surface area contributed by atoms with Crippen LogP contribution in [0.25, 0.3) is 11.4 Å². The van der Waals surface area contributed by atoms with Crippen LogP contribution in [-0.4, -0.2) is 35.2 Å². The van der Waals surface area contributed by atoms with Crippen molar-refractivity contribution in [2.45, 2.75) is 32.8 Å². The second-order valence-electron chi connectivity index (χ2n) is 6.35. The monoisotopic (exact) mass is 415 g/mol. The molecule has 2 aromatic heterocycles. The predicted octanol–water partition coefficient (Wildman–Crippen LogP) is 3.62. The zero-order chi connectivity index (χ0) is 20.8. The minimum absolute atomic E-state index is 0.0245. The smallest absolute Gasteiger partial charge is 0.307 e. The summed E-state index contributed by atoms with van der Waals surface area (Å²) in [5.74, 6) is 0.374. The first-order chi connectivity index (χ1) is 14.0. The third kappa shape index (κ3) is 5.41. The first kappa shape index (κ1) is 20.5. The number of aryl methyl sites for hydroxylation is 2. The maximum absolute atomic E-state index is 12.4. The zero-order valence-electron chi connectivity index (χ0n) is 16.3. The number of thiophene rings is 1. The van der Waals surface area contributed by atoms with E-state index in [9.17, 15) is 9.59 Å². The number of aromatic nitrogens is 2. The van der Waals surface area contributed by atoms with Crippen LogP contribution in [0.4, 0.5) is 5.69 Å². The number of carbonyl (C=O) groups is 2. The molecule has 0 saturated carbocycles. The Morgan fingerprint density at radius 1 is 1.31 bits per heavy atom. The average Bonchev–Trinajstić information content (AvgIpc) is 3.38. The van der Waals surface area contributed by atoms with Gasteiger partial charge in [-0.25, -0.2) is 0 Å². The van der Waals surface area contributed by atoms with Gasteiger partial charge in [0.15, 0.2) is 6.10 Å². The molecule has 8 nitrogen and oxygen atoms in total. The molecule has 1 atom stereocenters. The summed E-state index contributed by atoms with van der Waals surface area (Å²) in [5, 5.41) is 10.4. The predicted molar refractivity (Wildman–Crippen MR) is 108 cm³/mol. The van der Waals surface area contributed by atoms with E-state index in [1.807, 2.05) is 29.8 Å². The summed E-state index contributed by atoms with van der Waals surface area (Å²) < 4.78 is 15.6. The Labute approximate surface area is 171 Å². The van der Waals surface area contributed by atoms with Crippen LogP contribution in [0.15, 0.2) is 39.5 Å². The van der Waals surface area contributed by atoms with Crippen molar-refractivity contribution < 1.29 is 23.6 Å². The van der Waals surface area contributed by atoms with E-state index in [1.54, 1.807) is 12.1 Å². The molecule has 0 aliphatic rings. The normalized spacial score (nSPS) is 11.7. The molecule has 9 heteroatoms. The van der Waals surface area contributed by atoms with E-state index in [1.165, 1.54) is 25.4 Å². The number of methoxy groups -OCH3 is 1. The molecule has 3 rings (SSSR count). The fourth-order valence-electron chi connectivity index (χ4n) is 2.54. The molecule has 1 N–H and O–H groups in total. The van der Waals surface area contributed by atoms with Crippen molar-refractivity contribution in [2.75, 3.05) is 12.4 Å². The lowest BCUT2D eigenvalue weighted by molar-refractivity contribution is -0.153. The van der Waals surface area contributed by atoms with Gasteiger partial charge in [0, 0.05) is 17.4 Å².